The molecule has 23 heavy (non-hydrogen) atoms. The Morgan fingerprint density at radius 3 is 2.87 bits per heavy atom. The van der Waals surface area contributed by atoms with Crippen molar-refractivity contribution >= 4 is 16.8 Å². The van der Waals surface area contributed by atoms with Gasteiger partial charge in [0.2, 0.25) is 0 Å². The molecular weight excluding hydrogens is 292 g/mol. The maximum absolute atomic E-state index is 12.2. The third kappa shape index (κ3) is 3.89. The molecule has 6 nitrogen and oxygen atoms in total. The zero-order valence-electron chi connectivity index (χ0n) is 13.7. The number of nitrogens with zero attached hydrogens (tertiary/aromatic N) is 2. The average Bonchev–Trinajstić information content (AvgIpc) is 2.94. The Kier molecular flexibility index (Phi) is 4.93. The molecular formula is C17H24N4O2. The number of rotatable bonds is 5. The number of para-hydroxylation sites is 1. The van der Waals surface area contributed by atoms with Crippen LogP contribution in [0.1, 0.15) is 30.8 Å². The van der Waals surface area contributed by atoms with E-state index in [0.717, 1.165) is 37.0 Å². The summed E-state index contributed by atoms with van der Waals surface area (Å²) in [5.74, 6) is -0.119. The smallest absolute Gasteiger partial charge is 0.272 e. The fourth-order valence-electron chi connectivity index (χ4n) is 3.19. The average molecular weight is 316 g/mol. The van der Waals surface area contributed by atoms with E-state index in [1.54, 1.807) is 0 Å². The van der Waals surface area contributed by atoms with Gasteiger partial charge in [0.1, 0.15) is 0 Å². The summed E-state index contributed by atoms with van der Waals surface area (Å²) >= 11 is 0. The number of aromatic amines is 1. The number of nitrogens with one attached hydrogen (secondary N) is 2. The molecule has 0 radical (unpaired) electrons. The number of morpholine rings is 1. The Hall–Kier alpha value is -1.92. The van der Waals surface area contributed by atoms with Crippen molar-refractivity contribution < 1.29 is 9.53 Å². The van der Waals surface area contributed by atoms with Crippen LogP contribution < -0.4 is 5.32 Å². The van der Waals surface area contributed by atoms with Gasteiger partial charge in [0.05, 0.1) is 17.7 Å². The molecule has 1 aromatic heterocycles. The largest absolute Gasteiger partial charge is 0.373 e. The molecule has 6 heteroatoms. The zero-order chi connectivity index (χ0) is 16.2. The van der Waals surface area contributed by atoms with E-state index in [-0.39, 0.29) is 18.1 Å². The molecule has 124 valence electrons. The highest BCUT2D eigenvalue weighted by Gasteiger charge is 2.21. The molecule has 0 unspecified atom stereocenters. The molecule has 2 heterocycles. The van der Waals surface area contributed by atoms with Crippen LogP contribution in [0.25, 0.3) is 10.9 Å². The molecule has 1 aromatic carbocycles. The van der Waals surface area contributed by atoms with Gasteiger partial charge >= 0.3 is 0 Å². The molecule has 2 N–H and O–H groups in total. The summed E-state index contributed by atoms with van der Waals surface area (Å²) in [7, 11) is 0. The van der Waals surface area contributed by atoms with Crippen LogP contribution in [0.15, 0.2) is 24.3 Å². The highest BCUT2D eigenvalue weighted by atomic mass is 16.5. The van der Waals surface area contributed by atoms with Crippen LogP contribution >= 0.6 is 0 Å². The molecule has 1 aliphatic heterocycles. The van der Waals surface area contributed by atoms with Crippen LogP contribution in [0.5, 0.6) is 0 Å². The Labute approximate surface area is 136 Å². The van der Waals surface area contributed by atoms with E-state index in [0.29, 0.717) is 12.2 Å². The molecule has 2 atom stereocenters. The van der Waals surface area contributed by atoms with Crippen LogP contribution in [0, 0.1) is 0 Å². The lowest BCUT2D eigenvalue weighted by Gasteiger charge is -2.35. The number of hydrogen-bond donors (Lipinski definition) is 2. The molecule has 1 aliphatic rings. The number of aromatic nitrogens is 2. The summed E-state index contributed by atoms with van der Waals surface area (Å²) in [6.45, 7) is 7.75. The summed E-state index contributed by atoms with van der Waals surface area (Å²) in [4.78, 5) is 14.6. The third-order valence-corrected chi connectivity index (χ3v) is 4.12. The van der Waals surface area contributed by atoms with E-state index in [1.165, 1.54) is 0 Å². The van der Waals surface area contributed by atoms with Gasteiger partial charge in [0.25, 0.3) is 5.91 Å². The first-order valence-corrected chi connectivity index (χ1v) is 8.22. The van der Waals surface area contributed by atoms with E-state index in [9.17, 15) is 4.79 Å². The zero-order valence-corrected chi connectivity index (χ0v) is 13.7. The summed E-state index contributed by atoms with van der Waals surface area (Å²) < 4.78 is 5.73. The molecule has 0 saturated carbocycles. The number of amides is 1. The number of fused-ring (bicyclic) bond motifs is 1. The van der Waals surface area contributed by atoms with Crippen molar-refractivity contribution in [1.82, 2.24) is 20.4 Å². The molecule has 1 amide bonds. The monoisotopic (exact) mass is 316 g/mol. The minimum absolute atomic E-state index is 0.119. The van der Waals surface area contributed by atoms with Gasteiger partial charge < -0.3 is 10.1 Å². The van der Waals surface area contributed by atoms with Crippen LogP contribution in [0.4, 0.5) is 0 Å². The first-order valence-electron chi connectivity index (χ1n) is 8.22. The van der Waals surface area contributed by atoms with E-state index >= 15 is 0 Å². The normalized spacial score (nSPS) is 22.3. The second kappa shape index (κ2) is 7.10. The first-order chi connectivity index (χ1) is 11.1. The minimum atomic E-state index is -0.119. The van der Waals surface area contributed by atoms with Crippen molar-refractivity contribution in [2.75, 3.05) is 26.2 Å². The molecule has 1 saturated heterocycles. The van der Waals surface area contributed by atoms with Crippen molar-refractivity contribution in [2.45, 2.75) is 32.5 Å². The van der Waals surface area contributed by atoms with Crippen molar-refractivity contribution in [1.29, 1.82) is 0 Å². The van der Waals surface area contributed by atoms with E-state index in [2.05, 4.69) is 34.3 Å². The topological polar surface area (TPSA) is 70.2 Å². The Morgan fingerprint density at radius 1 is 1.35 bits per heavy atom. The lowest BCUT2D eigenvalue weighted by Crippen LogP contribution is -2.46. The van der Waals surface area contributed by atoms with Gasteiger partial charge in [-0.2, -0.15) is 5.10 Å². The van der Waals surface area contributed by atoms with E-state index in [4.69, 9.17) is 4.74 Å². The number of hydrogen-bond acceptors (Lipinski definition) is 4. The molecule has 0 aliphatic carbocycles. The van der Waals surface area contributed by atoms with Crippen LogP contribution in [0.3, 0.4) is 0 Å². The van der Waals surface area contributed by atoms with Gasteiger partial charge in [-0.05, 0) is 26.3 Å². The number of H-pyrrole nitrogens is 1. The predicted octanol–water partition coefficient (Wildman–Crippen LogP) is 1.79. The third-order valence-electron chi connectivity index (χ3n) is 4.12. The molecule has 0 bridgehead atoms. The molecule has 2 aromatic rings. The fraction of sp³-hybridized carbons (Fsp3) is 0.529. The number of benzene rings is 1. The van der Waals surface area contributed by atoms with Gasteiger partial charge in [-0.25, -0.2) is 0 Å². The quantitative estimate of drug-likeness (QED) is 0.825. The molecule has 0 spiro atoms. The van der Waals surface area contributed by atoms with Crippen LogP contribution in [-0.2, 0) is 4.74 Å². The minimum Gasteiger partial charge on any atom is -0.373 e. The summed E-state index contributed by atoms with van der Waals surface area (Å²) in [6.07, 6.45) is 1.49. The van der Waals surface area contributed by atoms with Crippen molar-refractivity contribution in [2.24, 2.45) is 0 Å². The first kappa shape index (κ1) is 16.0. The van der Waals surface area contributed by atoms with Gasteiger partial charge in [0, 0.05) is 31.6 Å². The highest BCUT2D eigenvalue weighted by Crippen LogP contribution is 2.15. The summed E-state index contributed by atoms with van der Waals surface area (Å²) in [5.41, 5.74) is 1.35. The highest BCUT2D eigenvalue weighted by molar-refractivity contribution is 6.04. The maximum atomic E-state index is 12.2. The SMILES string of the molecule is C[C@H]1CN(CCCNC(=O)c2n[nH]c3ccccc23)C[C@H](C)O1. The van der Waals surface area contributed by atoms with Gasteiger partial charge in [-0.15, -0.1) is 0 Å². The van der Waals surface area contributed by atoms with Crippen molar-refractivity contribution in [3.63, 3.8) is 0 Å². The maximum Gasteiger partial charge on any atom is 0.272 e. The van der Waals surface area contributed by atoms with E-state index < -0.39 is 0 Å². The summed E-state index contributed by atoms with van der Waals surface area (Å²) in [5, 5.41) is 10.8. The Morgan fingerprint density at radius 2 is 2.09 bits per heavy atom. The second-order valence-corrected chi connectivity index (χ2v) is 6.24. The molecule has 1 fully saturated rings. The standard InChI is InChI=1S/C17H24N4O2/c1-12-10-21(11-13(2)23-12)9-5-8-18-17(22)16-14-6-3-4-7-15(14)19-20-16/h3-4,6-7,12-13H,5,8-11H2,1-2H3,(H,18,22)(H,19,20)/t12-,13-/m0/s1. The van der Waals surface area contributed by atoms with Crippen LogP contribution in [-0.4, -0.2) is 59.4 Å². The lowest BCUT2D eigenvalue weighted by atomic mass is 10.2. The van der Waals surface area contributed by atoms with Gasteiger partial charge in [-0.1, -0.05) is 18.2 Å². The van der Waals surface area contributed by atoms with Crippen molar-refractivity contribution in [3.05, 3.63) is 30.0 Å². The van der Waals surface area contributed by atoms with Gasteiger partial charge in [0.15, 0.2) is 5.69 Å². The number of ether oxygens (including phenoxy) is 1. The molecule has 3 rings (SSSR count). The van der Waals surface area contributed by atoms with E-state index in [1.807, 2.05) is 24.3 Å². The Balaban J connectivity index is 1.46. The van der Waals surface area contributed by atoms with Crippen LogP contribution in [0.2, 0.25) is 0 Å². The number of carbonyl (C=O) groups is 1. The second-order valence-electron chi connectivity index (χ2n) is 6.24. The number of carbonyl (C=O) groups excluding carboxylic acids is 1. The predicted molar refractivity (Wildman–Crippen MR) is 89.5 cm³/mol. The van der Waals surface area contributed by atoms with Gasteiger partial charge in [-0.3, -0.25) is 14.8 Å². The van der Waals surface area contributed by atoms with Crippen molar-refractivity contribution in [3.8, 4) is 0 Å². The lowest BCUT2D eigenvalue weighted by molar-refractivity contribution is -0.0679. The summed E-state index contributed by atoms with van der Waals surface area (Å²) in [6, 6.07) is 7.66. The fourth-order valence-corrected chi connectivity index (χ4v) is 3.19. The Bertz CT molecular complexity index is 659.